The largest absolute Gasteiger partial charge is 0.481 e. The van der Waals surface area contributed by atoms with E-state index >= 15 is 0 Å². The van der Waals surface area contributed by atoms with E-state index < -0.39 is 11.9 Å². The van der Waals surface area contributed by atoms with Crippen LogP contribution in [0.25, 0.3) is 0 Å². The first kappa shape index (κ1) is 13.6. The van der Waals surface area contributed by atoms with Crippen molar-refractivity contribution < 1.29 is 9.90 Å². The number of hydrogen-bond acceptors (Lipinski definition) is 4. The van der Waals surface area contributed by atoms with Crippen molar-refractivity contribution in [1.82, 2.24) is 9.55 Å². The second-order valence-electron chi connectivity index (χ2n) is 4.87. The fraction of sp³-hybridized carbons (Fsp3) is 0.615. The highest BCUT2D eigenvalue weighted by atomic mass is 16.4. The normalized spacial score (nSPS) is 19.4. The number of carboxylic acid groups (broad SMARTS) is 1. The molecule has 0 aliphatic carbocycles. The third-order valence-electron chi connectivity index (χ3n) is 3.43. The molecule has 1 N–H and O–H groups in total. The molecule has 1 atom stereocenters. The zero-order valence-electron chi connectivity index (χ0n) is 11.1. The molecule has 104 valence electrons. The molecule has 1 aliphatic heterocycles. The van der Waals surface area contributed by atoms with Crippen LogP contribution in [0.3, 0.4) is 0 Å². The quantitative estimate of drug-likeness (QED) is 0.877. The van der Waals surface area contributed by atoms with Gasteiger partial charge in [0.2, 0.25) is 0 Å². The number of carbonyl (C=O) groups is 1. The molecule has 0 aromatic carbocycles. The summed E-state index contributed by atoms with van der Waals surface area (Å²) < 4.78 is 1.63. The van der Waals surface area contributed by atoms with Gasteiger partial charge in [-0.3, -0.25) is 9.59 Å². The highest BCUT2D eigenvalue weighted by Crippen LogP contribution is 2.19. The molecule has 0 bridgehead atoms. The van der Waals surface area contributed by atoms with Crippen molar-refractivity contribution in [3.63, 3.8) is 0 Å². The Morgan fingerprint density at radius 2 is 2.37 bits per heavy atom. The Bertz CT molecular complexity index is 512. The van der Waals surface area contributed by atoms with Crippen molar-refractivity contribution >= 4 is 11.8 Å². The number of aliphatic carboxylic acids is 1. The average molecular weight is 265 g/mol. The Labute approximate surface area is 111 Å². The molecule has 1 aromatic rings. The summed E-state index contributed by atoms with van der Waals surface area (Å²) in [6.07, 6.45) is 5.61. The van der Waals surface area contributed by atoms with Gasteiger partial charge in [0.1, 0.15) is 0 Å². The summed E-state index contributed by atoms with van der Waals surface area (Å²) in [7, 11) is 0. The zero-order valence-corrected chi connectivity index (χ0v) is 11.1. The maximum atomic E-state index is 12.2. The summed E-state index contributed by atoms with van der Waals surface area (Å²) in [5.74, 6) is -0.828. The van der Waals surface area contributed by atoms with Crippen LogP contribution >= 0.6 is 0 Å². The van der Waals surface area contributed by atoms with Crippen LogP contribution in [0.15, 0.2) is 17.2 Å². The minimum absolute atomic E-state index is 0.129. The van der Waals surface area contributed by atoms with Gasteiger partial charge in [0.15, 0.2) is 5.82 Å². The van der Waals surface area contributed by atoms with E-state index in [1.54, 1.807) is 21.9 Å². The second-order valence-corrected chi connectivity index (χ2v) is 4.87. The summed E-state index contributed by atoms with van der Waals surface area (Å²) in [6.45, 7) is 3.73. The summed E-state index contributed by atoms with van der Waals surface area (Å²) in [4.78, 5) is 29.2. The van der Waals surface area contributed by atoms with Gasteiger partial charge in [-0.05, 0) is 19.3 Å². The van der Waals surface area contributed by atoms with Gasteiger partial charge in [-0.15, -0.1) is 0 Å². The molecule has 1 aromatic heterocycles. The van der Waals surface area contributed by atoms with Crippen molar-refractivity contribution in [1.29, 1.82) is 0 Å². The number of hydrogen-bond donors (Lipinski definition) is 1. The molecule has 0 radical (unpaired) electrons. The first-order chi connectivity index (χ1) is 9.13. The van der Waals surface area contributed by atoms with Crippen LogP contribution in [-0.4, -0.2) is 33.7 Å². The van der Waals surface area contributed by atoms with Crippen molar-refractivity contribution in [2.24, 2.45) is 5.92 Å². The smallest absolute Gasteiger partial charge is 0.308 e. The summed E-state index contributed by atoms with van der Waals surface area (Å²) in [6, 6.07) is 0. The standard InChI is InChI=1S/C13H19N3O3/c1-2-6-15-8-5-14-11(12(15)17)16-7-3-4-10(9-16)13(18)19/h5,8,10H,2-4,6-7,9H2,1H3,(H,18,19). The van der Waals surface area contributed by atoms with Gasteiger partial charge in [-0.1, -0.05) is 6.92 Å². The predicted octanol–water partition coefficient (Wildman–Crippen LogP) is 0.954. The van der Waals surface area contributed by atoms with Crippen molar-refractivity contribution in [3.05, 3.63) is 22.7 Å². The van der Waals surface area contributed by atoms with E-state index in [2.05, 4.69) is 4.98 Å². The molecule has 1 fully saturated rings. The lowest BCUT2D eigenvalue weighted by atomic mass is 9.98. The van der Waals surface area contributed by atoms with Crippen LogP contribution < -0.4 is 10.5 Å². The molecular formula is C13H19N3O3. The van der Waals surface area contributed by atoms with Crippen LogP contribution in [0, 0.1) is 5.92 Å². The second kappa shape index (κ2) is 5.86. The number of nitrogens with zero attached hydrogens (tertiary/aromatic N) is 3. The lowest BCUT2D eigenvalue weighted by molar-refractivity contribution is -0.141. The minimum atomic E-state index is -0.797. The molecule has 0 saturated carbocycles. The fourth-order valence-electron chi connectivity index (χ4n) is 2.44. The van der Waals surface area contributed by atoms with Gasteiger partial charge in [-0.2, -0.15) is 0 Å². The molecule has 6 heteroatoms. The van der Waals surface area contributed by atoms with Crippen molar-refractivity contribution in [2.75, 3.05) is 18.0 Å². The number of aryl methyl sites for hydroxylation is 1. The van der Waals surface area contributed by atoms with E-state index in [-0.39, 0.29) is 5.56 Å². The molecule has 1 aliphatic rings. The Morgan fingerprint density at radius 3 is 3.05 bits per heavy atom. The molecule has 2 rings (SSSR count). The van der Waals surface area contributed by atoms with Gasteiger partial charge in [0, 0.05) is 32.0 Å². The monoisotopic (exact) mass is 265 g/mol. The number of rotatable bonds is 4. The van der Waals surface area contributed by atoms with Gasteiger partial charge < -0.3 is 14.6 Å². The summed E-state index contributed by atoms with van der Waals surface area (Å²) in [5.41, 5.74) is -0.129. The predicted molar refractivity (Wildman–Crippen MR) is 71.4 cm³/mol. The Hall–Kier alpha value is -1.85. The van der Waals surface area contributed by atoms with Gasteiger partial charge in [0.25, 0.3) is 5.56 Å². The van der Waals surface area contributed by atoms with Gasteiger partial charge >= 0.3 is 5.97 Å². The number of piperidine rings is 1. The SMILES string of the molecule is CCCn1ccnc(N2CCCC(C(=O)O)C2)c1=O. The number of anilines is 1. The fourth-order valence-corrected chi connectivity index (χ4v) is 2.44. The van der Waals surface area contributed by atoms with Gasteiger partial charge in [-0.25, -0.2) is 4.98 Å². The molecule has 19 heavy (non-hydrogen) atoms. The number of carboxylic acids is 1. The zero-order chi connectivity index (χ0) is 13.8. The van der Waals surface area contributed by atoms with Gasteiger partial charge in [0.05, 0.1) is 5.92 Å². The lowest BCUT2D eigenvalue weighted by Gasteiger charge is -2.31. The van der Waals surface area contributed by atoms with Crippen molar-refractivity contribution in [2.45, 2.75) is 32.7 Å². The first-order valence-electron chi connectivity index (χ1n) is 6.66. The van der Waals surface area contributed by atoms with Crippen molar-refractivity contribution in [3.8, 4) is 0 Å². The van der Waals surface area contributed by atoms with E-state index in [0.717, 1.165) is 12.8 Å². The molecule has 2 heterocycles. The highest BCUT2D eigenvalue weighted by molar-refractivity contribution is 5.71. The Kier molecular flexibility index (Phi) is 4.19. The molecule has 1 unspecified atom stereocenters. The maximum Gasteiger partial charge on any atom is 0.308 e. The van der Waals surface area contributed by atoms with E-state index in [1.165, 1.54) is 0 Å². The topological polar surface area (TPSA) is 75.4 Å². The maximum absolute atomic E-state index is 12.2. The third kappa shape index (κ3) is 2.94. The van der Waals surface area contributed by atoms with Crippen LogP contribution in [0.4, 0.5) is 5.82 Å². The van der Waals surface area contributed by atoms with Crippen LogP contribution in [0.2, 0.25) is 0 Å². The Morgan fingerprint density at radius 1 is 1.58 bits per heavy atom. The van der Waals surface area contributed by atoms with Crippen LogP contribution in [-0.2, 0) is 11.3 Å². The van der Waals surface area contributed by atoms with Crippen LogP contribution in [0.5, 0.6) is 0 Å². The van der Waals surface area contributed by atoms with Crippen LogP contribution in [0.1, 0.15) is 26.2 Å². The summed E-state index contributed by atoms with van der Waals surface area (Å²) in [5, 5.41) is 9.08. The van der Waals surface area contributed by atoms with E-state index in [0.29, 0.717) is 31.9 Å². The summed E-state index contributed by atoms with van der Waals surface area (Å²) >= 11 is 0. The molecule has 6 nitrogen and oxygen atoms in total. The average Bonchev–Trinajstić information content (AvgIpc) is 2.41. The molecular weight excluding hydrogens is 246 g/mol. The Balaban J connectivity index is 2.24. The third-order valence-corrected chi connectivity index (χ3v) is 3.43. The van der Waals surface area contributed by atoms with E-state index in [9.17, 15) is 9.59 Å². The highest BCUT2D eigenvalue weighted by Gasteiger charge is 2.27. The minimum Gasteiger partial charge on any atom is -0.481 e. The molecule has 0 amide bonds. The van der Waals surface area contributed by atoms with E-state index in [1.807, 2.05) is 6.92 Å². The number of aromatic nitrogens is 2. The molecule has 0 spiro atoms. The van der Waals surface area contributed by atoms with E-state index in [4.69, 9.17) is 5.11 Å². The first-order valence-corrected chi connectivity index (χ1v) is 6.66. The molecule has 1 saturated heterocycles. The lowest BCUT2D eigenvalue weighted by Crippen LogP contribution is -2.42.